The van der Waals surface area contributed by atoms with E-state index in [-0.39, 0.29) is 6.79 Å². The maximum Gasteiger partial charge on any atom is 0.505 e. The summed E-state index contributed by atoms with van der Waals surface area (Å²) in [4.78, 5) is 0. The average molecular weight is 314 g/mol. The van der Waals surface area contributed by atoms with Gasteiger partial charge in [0.05, 0.1) is 0 Å². The van der Waals surface area contributed by atoms with Gasteiger partial charge in [-0.25, -0.2) is 0 Å². The molecule has 0 N–H and O–H groups in total. The average Bonchev–Trinajstić information content (AvgIpc) is 2.47. The Morgan fingerprint density at radius 2 is 1.38 bits per heavy atom. The molecule has 1 aromatic rings. The van der Waals surface area contributed by atoms with Crippen LogP contribution in [0.4, 0.5) is 0 Å². The summed E-state index contributed by atoms with van der Waals surface area (Å²) in [5.74, 6) is 0.775. The molecule has 21 heavy (non-hydrogen) atoms. The molecule has 0 aromatic heterocycles. The van der Waals surface area contributed by atoms with E-state index in [0.29, 0.717) is 25.9 Å². The minimum absolute atomic E-state index is 0.245. The molecule has 0 atom stereocenters. The van der Waals surface area contributed by atoms with Gasteiger partial charge in [-0.05, 0) is 38.5 Å². The van der Waals surface area contributed by atoms with Gasteiger partial charge in [0, 0.05) is 33.0 Å². The predicted octanol–water partition coefficient (Wildman–Crippen LogP) is 2.80. The SMILES string of the molecule is CCO[Si](Cc1ccc(OCOC)cc1)(OCC)OCC. The highest BCUT2D eigenvalue weighted by Gasteiger charge is 2.40. The molecule has 6 heteroatoms. The van der Waals surface area contributed by atoms with Gasteiger partial charge in [0.1, 0.15) is 5.75 Å². The Morgan fingerprint density at radius 3 is 1.81 bits per heavy atom. The summed E-state index contributed by atoms with van der Waals surface area (Å²) in [6.45, 7) is 7.88. The zero-order valence-corrected chi connectivity index (χ0v) is 14.4. The van der Waals surface area contributed by atoms with E-state index < -0.39 is 8.80 Å². The minimum Gasteiger partial charge on any atom is -0.468 e. The molecule has 0 aliphatic heterocycles. The summed E-state index contributed by atoms with van der Waals surface area (Å²) in [6.07, 6.45) is 0. The lowest BCUT2D eigenvalue weighted by atomic mass is 10.2. The molecule has 0 unspecified atom stereocenters. The van der Waals surface area contributed by atoms with Crippen LogP contribution >= 0.6 is 0 Å². The van der Waals surface area contributed by atoms with E-state index in [1.165, 1.54) is 0 Å². The van der Waals surface area contributed by atoms with Gasteiger partial charge in [0.25, 0.3) is 0 Å². The zero-order valence-electron chi connectivity index (χ0n) is 13.4. The molecule has 0 radical (unpaired) electrons. The van der Waals surface area contributed by atoms with Crippen LogP contribution in [-0.4, -0.2) is 42.5 Å². The molecule has 0 saturated heterocycles. The minimum atomic E-state index is -2.64. The Hall–Kier alpha value is -0.923. The van der Waals surface area contributed by atoms with E-state index in [4.69, 9.17) is 22.8 Å². The van der Waals surface area contributed by atoms with Crippen LogP contribution in [0.25, 0.3) is 0 Å². The van der Waals surface area contributed by atoms with Crippen molar-refractivity contribution < 1.29 is 22.8 Å². The molecule has 0 saturated carbocycles. The Balaban J connectivity index is 2.76. The fourth-order valence-corrected chi connectivity index (χ4v) is 4.63. The highest BCUT2D eigenvalue weighted by Crippen LogP contribution is 2.19. The van der Waals surface area contributed by atoms with E-state index in [0.717, 1.165) is 11.3 Å². The summed E-state index contributed by atoms with van der Waals surface area (Å²) in [7, 11) is -1.05. The van der Waals surface area contributed by atoms with Crippen LogP contribution in [0.3, 0.4) is 0 Å². The van der Waals surface area contributed by atoms with E-state index in [1.807, 2.05) is 45.0 Å². The number of methoxy groups -OCH3 is 1. The molecule has 1 aromatic carbocycles. The lowest BCUT2D eigenvalue weighted by Gasteiger charge is -2.28. The summed E-state index contributed by atoms with van der Waals surface area (Å²) in [5, 5.41) is 0. The van der Waals surface area contributed by atoms with Gasteiger partial charge in [-0.15, -0.1) is 0 Å². The van der Waals surface area contributed by atoms with Crippen LogP contribution in [0.1, 0.15) is 26.3 Å². The van der Waals surface area contributed by atoms with Crippen LogP contribution in [-0.2, 0) is 24.1 Å². The van der Waals surface area contributed by atoms with Gasteiger partial charge in [-0.3, -0.25) is 0 Å². The molecular weight excluding hydrogens is 288 g/mol. The first kappa shape index (κ1) is 18.1. The van der Waals surface area contributed by atoms with E-state index in [1.54, 1.807) is 7.11 Å². The van der Waals surface area contributed by atoms with E-state index in [2.05, 4.69) is 0 Å². The van der Waals surface area contributed by atoms with Crippen molar-refractivity contribution in [1.82, 2.24) is 0 Å². The van der Waals surface area contributed by atoms with Crippen molar-refractivity contribution >= 4 is 8.80 Å². The Labute approximate surface area is 128 Å². The van der Waals surface area contributed by atoms with Crippen LogP contribution in [0.5, 0.6) is 5.75 Å². The number of hydrogen-bond acceptors (Lipinski definition) is 5. The first-order valence-electron chi connectivity index (χ1n) is 7.32. The molecule has 0 bridgehead atoms. The van der Waals surface area contributed by atoms with Gasteiger partial charge in [-0.1, -0.05) is 12.1 Å². The van der Waals surface area contributed by atoms with Crippen molar-refractivity contribution in [3.63, 3.8) is 0 Å². The molecule has 0 aliphatic rings. The van der Waals surface area contributed by atoms with Crippen LogP contribution in [0.15, 0.2) is 24.3 Å². The second kappa shape index (κ2) is 9.91. The zero-order chi connectivity index (χ0) is 15.6. The highest BCUT2D eigenvalue weighted by molar-refractivity contribution is 6.60. The summed E-state index contributed by atoms with van der Waals surface area (Å²) >= 11 is 0. The van der Waals surface area contributed by atoms with Crippen molar-refractivity contribution in [2.45, 2.75) is 26.8 Å². The normalized spacial score (nSPS) is 11.6. The third-order valence-electron chi connectivity index (χ3n) is 2.78. The molecule has 0 amide bonds. The topological polar surface area (TPSA) is 46.2 Å². The molecule has 0 fully saturated rings. The first-order chi connectivity index (χ1) is 10.2. The van der Waals surface area contributed by atoms with Crippen molar-refractivity contribution in [3.05, 3.63) is 29.8 Å². The largest absolute Gasteiger partial charge is 0.505 e. The number of rotatable bonds is 11. The van der Waals surface area contributed by atoms with E-state index >= 15 is 0 Å². The maximum atomic E-state index is 5.85. The van der Waals surface area contributed by atoms with Gasteiger partial charge >= 0.3 is 8.80 Å². The number of benzene rings is 1. The Kier molecular flexibility index (Phi) is 8.56. The van der Waals surface area contributed by atoms with Crippen molar-refractivity contribution in [3.8, 4) is 5.75 Å². The van der Waals surface area contributed by atoms with Gasteiger partial charge < -0.3 is 22.8 Å². The van der Waals surface area contributed by atoms with Gasteiger partial charge in [0.2, 0.25) is 0 Å². The first-order valence-corrected chi connectivity index (χ1v) is 9.25. The molecule has 1 rings (SSSR count). The third kappa shape index (κ3) is 6.15. The van der Waals surface area contributed by atoms with Crippen LogP contribution in [0.2, 0.25) is 0 Å². The van der Waals surface area contributed by atoms with Crippen molar-refractivity contribution in [2.75, 3.05) is 33.7 Å². The molecule has 0 aliphatic carbocycles. The lowest BCUT2D eigenvalue weighted by Crippen LogP contribution is -2.48. The summed E-state index contributed by atoms with van der Waals surface area (Å²) in [5.41, 5.74) is 1.11. The molecule has 0 spiro atoms. The predicted molar refractivity (Wildman–Crippen MR) is 83.3 cm³/mol. The smallest absolute Gasteiger partial charge is 0.468 e. The van der Waals surface area contributed by atoms with Gasteiger partial charge in [0.15, 0.2) is 6.79 Å². The monoisotopic (exact) mass is 314 g/mol. The Bertz CT molecular complexity index is 365. The quantitative estimate of drug-likeness (QED) is 0.464. The fourth-order valence-electron chi connectivity index (χ4n) is 2.02. The maximum absolute atomic E-state index is 5.85. The van der Waals surface area contributed by atoms with Crippen LogP contribution < -0.4 is 4.74 Å². The Morgan fingerprint density at radius 1 is 0.857 bits per heavy atom. The second-order valence-electron chi connectivity index (χ2n) is 4.35. The summed E-state index contributed by atoms with van der Waals surface area (Å²) in [6, 6.07) is 8.50. The molecule has 120 valence electrons. The van der Waals surface area contributed by atoms with Crippen molar-refractivity contribution in [1.29, 1.82) is 0 Å². The third-order valence-corrected chi connectivity index (χ3v) is 5.81. The van der Waals surface area contributed by atoms with Crippen molar-refractivity contribution in [2.24, 2.45) is 0 Å². The van der Waals surface area contributed by atoms with E-state index in [9.17, 15) is 0 Å². The highest BCUT2D eigenvalue weighted by atomic mass is 28.4. The number of ether oxygens (including phenoxy) is 2. The molecule has 0 heterocycles. The fraction of sp³-hybridized carbons (Fsp3) is 0.600. The lowest BCUT2D eigenvalue weighted by molar-refractivity contribution is 0.0510. The summed E-state index contributed by atoms with van der Waals surface area (Å²) < 4.78 is 27.8. The number of hydrogen-bond donors (Lipinski definition) is 0. The van der Waals surface area contributed by atoms with Gasteiger partial charge in [-0.2, -0.15) is 0 Å². The molecule has 5 nitrogen and oxygen atoms in total. The van der Waals surface area contributed by atoms with Crippen LogP contribution in [0, 0.1) is 0 Å². The standard InChI is InChI=1S/C15H26O5Si/c1-5-18-21(19-6-2,20-7-3)12-14-8-10-15(11-9-14)17-13-16-4/h8-11H,5-7,12-13H2,1-4H3. The molecular formula is C15H26O5Si. The second-order valence-corrected chi connectivity index (χ2v) is 6.94.